The first-order chi connectivity index (χ1) is 11.1. The summed E-state index contributed by atoms with van der Waals surface area (Å²) in [5.41, 5.74) is 6.34. The third-order valence-corrected chi connectivity index (χ3v) is 6.72. The Balaban J connectivity index is 0.00000156. The van der Waals surface area contributed by atoms with Crippen molar-refractivity contribution in [2.24, 2.45) is 23.5 Å². The van der Waals surface area contributed by atoms with E-state index >= 15 is 0 Å². The molecule has 2 fully saturated rings. The van der Waals surface area contributed by atoms with Gasteiger partial charge >= 0.3 is 0 Å². The second-order valence-electron chi connectivity index (χ2n) is 7.44. The maximum absolute atomic E-state index is 12.7. The lowest BCUT2D eigenvalue weighted by Gasteiger charge is -2.43. The minimum absolute atomic E-state index is 0. The highest BCUT2D eigenvalue weighted by molar-refractivity contribution is 7.10. The molecule has 144 valence electrons. The maximum Gasteiger partial charge on any atom is 0.223 e. The van der Waals surface area contributed by atoms with E-state index in [0.717, 1.165) is 12.8 Å². The van der Waals surface area contributed by atoms with Crippen LogP contribution in [-0.4, -0.2) is 37.5 Å². The zero-order valence-electron chi connectivity index (χ0n) is 15.0. The molecule has 2 aliphatic carbocycles. The fraction of sp³-hybridized carbons (Fsp3) is 0.722. The molecule has 3 rings (SSSR count). The van der Waals surface area contributed by atoms with Crippen molar-refractivity contribution in [2.75, 3.05) is 20.6 Å². The van der Waals surface area contributed by atoms with Crippen molar-refractivity contribution in [1.29, 1.82) is 0 Å². The predicted molar refractivity (Wildman–Crippen MR) is 110 cm³/mol. The number of carbonyl (C=O) groups is 1. The van der Waals surface area contributed by atoms with Gasteiger partial charge in [-0.15, -0.1) is 36.2 Å². The molecule has 3 atom stereocenters. The van der Waals surface area contributed by atoms with Gasteiger partial charge in [-0.1, -0.05) is 12.5 Å². The highest BCUT2D eigenvalue weighted by Crippen LogP contribution is 2.41. The molecule has 0 spiro atoms. The molecule has 0 saturated heterocycles. The third kappa shape index (κ3) is 5.33. The maximum atomic E-state index is 12.7. The molecule has 0 aliphatic heterocycles. The molecule has 0 aromatic carbocycles. The van der Waals surface area contributed by atoms with E-state index in [1.807, 2.05) is 0 Å². The normalized spacial score (nSPS) is 29.3. The Bertz CT molecular complexity index is 512. The van der Waals surface area contributed by atoms with Gasteiger partial charge in [0.1, 0.15) is 0 Å². The van der Waals surface area contributed by atoms with Crippen LogP contribution in [0.15, 0.2) is 17.5 Å². The third-order valence-electron chi connectivity index (χ3n) is 5.75. The van der Waals surface area contributed by atoms with Crippen LogP contribution in [0.4, 0.5) is 0 Å². The molecule has 7 heteroatoms. The Morgan fingerprint density at radius 1 is 1.32 bits per heavy atom. The molecule has 3 N–H and O–H groups in total. The lowest BCUT2D eigenvalue weighted by molar-refractivity contribution is -0.128. The minimum Gasteiger partial charge on any atom is -0.354 e. The molecule has 2 aliphatic rings. The number of amides is 1. The van der Waals surface area contributed by atoms with Crippen LogP contribution in [0, 0.1) is 17.8 Å². The van der Waals surface area contributed by atoms with Crippen LogP contribution >= 0.6 is 36.2 Å². The van der Waals surface area contributed by atoms with E-state index in [0.29, 0.717) is 24.4 Å². The van der Waals surface area contributed by atoms with Crippen molar-refractivity contribution in [3.63, 3.8) is 0 Å². The molecular formula is C18H31Cl2N3OS. The Morgan fingerprint density at radius 2 is 1.96 bits per heavy atom. The van der Waals surface area contributed by atoms with Crippen LogP contribution in [0.2, 0.25) is 0 Å². The number of halogens is 2. The van der Waals surface area contributed by atoms with Gasteiger partial charge in [0.15, 0.2) is 0 Å². The number of likely N-dealkylation sites (N-methyl/N-ethyl adjacent to an activating group) is 1. The van der Waals surface area contributed by atoms with E-state index in [9.17, 15) is 4.79 Å². The summed E-state index contributed by atoms with van der Waals surface area (Å²) < 4.78 is 0. The summed E-state index contributed by atoms with van der Waals surface area (Å²) in [6, 6.07) is 4.80. The van der Waals surface area contributed by atoms with Crippen LogP contribution in [-0.2, 0) is 4.79 Å². The van der Waals surface area contributed by atoms with Gasteiger partial charge in [-0.25, -0.2) is 0 Å². The Hall–Kier alpha value is -0.330. The molecule has 25 heavy (non-hydrogen) atoms. The number of hydrogen-bond donors (Lipinski definition) is 2. The van der Waals surface area contributed by atoms with Crippen LogP contribution in [0.25, 0.3) is 0 Å². The SMILES string of the molecule is CN(C)C(CNC(=O)C1CC2CCCC(C1)C2N)c1cccs1.Cl.Cl. The first kappa shape index (κ1) is 22.7. The number of rotatable bonds is 5. The molecule has 2 saturated carbocycles. The van der Waals surface area contributed by atoms with Crippen molar-refractivity contribution in [1.82, 2.24) is 10.2 Å². The van der Waals surface area contributed by atoms with Crippen LogP contribution in [0.3, 0.4) is 0 Å². The molecule has 2 bridgehead atoms. The van der Waals surface area contributed by atoms with Gasteiger partial charge in [0.2, 0.25) is 5.91 Å². The van der Waals surface area contributed by atoms with Crippen molar-refractivity contribution in [3.05, 3.63) is 22.4 Å². The summed E-state index contributed by atoms with van der Waals surface area (Å²) in [7, 11) is 4.14. The van der Waals surface area contributed by atoms with E-state index in [1.54, 1.807) is 11.3 Å². The zero-order chi connectivity index (χ0) is 16.4. The summed E-state index contributed by atoms with van der Waals surface area (Å²) in [6.45, 7) is 0.685. The molecule has 3 unspecified atom stereocenters. The average molecular weight is 408 g/mol. The van der Waals surface area contributed by atoms with Crippen LogP contribution in [0.5, 0.6) is 0 Å². The fourth-order valence-electron chi connectivity index (χ4n) is 4.36. The van der Waals surface area contributed by atoms with E-state index in [2.05, 4.69) is 41.8 Å². The second kappa shape index (κ2) is 10.1. The van der Waals surface area contributed by atoms with Crippen LogP contribution in [0.1, 0.15) is 43.0 Å². The molecule has 0 radical (unpaired) electrons. The first-order valence-corrected chi connectivity index (χ1v) is 9.67. The van der Waals surface area contributed by atoms with Gasteiger partial charge in [0, 0.05) is 23.4 Å². The van der Waals surface area contributed by atoms with E-state index in [4.69, 9.17) is 5.73 Å². The smallest absolute Gasteiger partial charge is 0.223 e. The highest BCUT2D eigenvalue weighted by atomic mass is 35.5. The number of nitrogens with zero attached hydrogens (tertiary/aromatic N) is 1. The number of nitrogens with two attached hydrogens (primary N) is 1. The molecule has 1 amide bonds. The van der Waals surface area contributed by atoms with Crippen molar-refractivity contribution in [2.45, 2.75) is 44.2 Å². The summed E-state index contributed by atoms with van der Waals surface area (Å²) in [5.74, 6) is 1.51. The zero-order valence-corrected chi connectivity index (χ0v) is 17.5. The molecule has 1 aromatic rings. The number of fused-ring (bicyclic) bond motifs is 2. The number of hydrogen-bond acceptors (Lipinski definition) is 4. The van der Waals surface area contributed by atoms with E-state index in [-0.39, 0.29) is 42.7 Å². The Labute approximate surface area is 167 Å². The molecule has 4 nitrogen and oxygen atoms in total. The second-order valence-corrected chi connectivity index (χ2v) is 8.42. The van der Waals surface area contributed by atoms with Gasteiger partial charge in [-0.3, -0.25) is 4.79 Å². The number of thiophene rings is 1. The van der Waals surface area contributed by atoms with E-state index < -0.39 is 0 Å². The number of carbonyl (C=O) groups excluding carboxylic acids is 1. The van der Waals surface area contributed by atoms with Crippen LogP contribution < -0.4 is 11.1 Å². The minimum atomic E-state index is 0. The van der Waals surface area contributed by atoms with Gasteiger partial charge in [-0.05, 0) is 63.1 Å². The topological polar surface area (TPSA) is 58.4 Å². The lowest BCUT2D eigenvalue weighted by atomic mass is 9.65. The standard InChI is InChI=1S/C18H29N3OS.2ClH/c1-21(2)15(16-7-4-8-23-16)11-20-18(22)14-9-12-5-3-6-13(10-14)17(12)19;;/h4,7-8,12-15,17H,3,5-6,9-11,19H2,1-2H3,(H,20,22);2*1H. The Morgan fingerprint density at radius 3 is 2.48 bits per heavy atom. The van der Waals surface area contributed by atoms with Crippen molar-refractivity contribution >= 4 is 42.1 Å². The predicted octanol–water partition coefficient (Wildman–Crippen LogP) is 3.46. The average Bonchev–Trinajstić information content (AvgIpc) is 3.00. The van der Waals surface area contributed by atoms with Gasteiger partial charge < -0.3 is 16.0 Å². The lowest BCUT2D eigenvalue weighted by Crippen LogP contribution is -2.49. The van der Waals surface area contributed by atoms with Crippen molar-refractivity contribution in [3.8, 4) is 0 Å². The highest BCUT2D eigenvalue weighted by Gasteiger charge is 2.40. The molecule has 1 aromatic heterocycles. The quantitative estimate of drug-likeness (QED) is 0.785. The Kier molecular flexibility index (Phi) is 9.19. The van der Waals surface area contributed by atoms with Gasteiger partial charge in [0.05, 0.1) is 6.04 Å². The van der Waals surface area contributed by atoms with E-state index in [1.165, 1.54) is 24.1 Å². The summed E-state index contributed by atoms with van der Waals surface area (Å²) in [6.07, 6.45) is 5.66. The monoisotopic (exact) mass is 407 g/mol. The summed E-state index contributed by atoms with van der Waals surface area (Å²) in [5, 5.41) is 5.31. The summed E-state index contributed by atoms with van der Waals surface area (Å²) >= 11 is 1.75. The summed E-state index contributed by atoms with van der Waals surface area (Å²) in [4.78, 5) is 16.1. The molecule has 1 heterocycles. The van der Waals surface area contributed by atoms with Gasteiger partial charge in [-0.2, -0.15) is 0 Å². The fourth-order valence-corrected chi connectivity index (χ4v) is 5.29. The number of nitrogens with one attached hydrogen (secondary N) is 1. The first-order valence-electron chi connectivity index (χ1n) is 8.79. The largest absolute Gasteiger partial charge is 0.354 e. The van der Waals surface area contributed by atoms with Crippen molar-refractivity contribution < 1.29 is 4.79 Å². The van der Waals surface area contributed by atoms with Gasteiger partial charge in [0.25, 0.3) is 0 Å². The molecular weight excluding hydrogens is 377 g/mol.